The number of carbonyl (C=O) groups excluding carboxylic acids is 1. The highest BCUT2D eigenvalue weighted by molar-refractivity contribution is 14.1. The van der Waals surface area contributed by atoms with Crippen LogP contribution in [0.5, 0.6) is 5.75 Å². The summed E-state index contributed by atoms with van der Waals surface area (Å²) in [6.07, 6.45) is 4.71. The van der Waals surface area contributed by atoms with Crippen molar-refractivity contribution >= 4 is 28.5 Å². The van der Waals surface area contributed by atoms with Gasteiger partial charge in [-0.1, -0.05) is 6.42 Å². The maximum absolute atomic E-state index is 12.4. The molecule has 0 saturated carbocycles. The summed E-state index contributed by atoms with van der Waals surface area (Å²) < 4.78 is 0.955. The molecule has 0 aromatic heterocycles. The van der Waals surface area contributed by atoms with Gasteiger partial charge < -0.3 is 10.4 Å². The zero-order valence-electron chi connectivity index (χ0n) is 11.3. The number of hydrogen-bond donors (Lipinski definition) is 2. The number of benzene rings is 1. The molecule has 1 aromatic rings. The molecule has 2 heterocycles. The van der Waals surface area contributed by atoms with E-state index in [2.05, 4.69) is 32.8 Å². The second kappa shape index (κ2) is 5.89. The molecule has 2 unspecified atom stereocenters. The molecule has 2 aliphatic rings. The lowest BCUT2D eigenvalue weighted by atomic mass is 9.98. The van der Waals surface area contributed by atoms with Gasteiger partial charge in [-0.2, -0.15) is 0 Å². The van der Waals surface area contributed by atoms with Crippen molar-refractivity contribution < 1.29 is 9.90 Å². The van der Waals surface area contributed by atoms with Gasteiger partial charge >= 0.3 is 0 Å². The van der Waals surface area contributed by atoms with Crippen molar-refractivity contribution in [1.82, 2.24) is 10.2 Å². The largest absolute Gasteiger partial charge is 0.507 e. The first-order valence-electron chi connectivity index (χ1n) is 7.18. The zero-order valence-corrected chi connectivity index (χ0v) is 13.5. The van der Waals surface area contributed by atoms with E-state index in [0.717, 1.165) is 23.1 Å². The van der Waals surface area contributed by atoms with Crippen molar-refractivity contribution in [3.63, 3.8) is 0 Å². The number of hydrogen-bond acceptors (Lipinski definition) is 3. The Morgan fingerprint density at radius 1 is 1.30 bits per heavy atom. The third-order valence-electron chi connectivity index (χ3n) is 4.38. The molecule has 2 N–H and O–H groups in total. The number of rotatable bonds is 2. The Hall–Kier alpha value is -0.820. The molecule has 2 fully saturated rings. The maximum atomic E-state index is 12.4. The molecule has 20 heavy (non-hydrogen) atoms. The molecule has 0 spiro atoms. The normalized spacial score (nSPS) is 26.2. The van der Waals surface area contributed by atoms with Crippen LogP contribution in [0.1, 0.15) is 36.0 Å². The van der Waals surface area contributed by atoms with E-state index in [1.807, 2.05) is 0 Å². The summed E-state index contributed by atoms with van der Waals surface area (Å²) in [5, 5.41) is 13.0. The number of phenols is 1. The van der Waals surface area contributed by atoms with Crippen LogP contribution in [0, 0.1) is 3.57 Å². The fourth-order valence-electron chi connectivity index (χ4n) is 3.35. The first-order chi connectivity index (χ1) is 9.65. The summed E-state index contributed by atoms with van der Waals surface area (Å²) in [5.41, 5.74) is 0.381. The van der Waals surface area contributed by atoms with Gasteiger partial charge in [0.15, 0.2) is 0 Å². The van der Waals surface area contributed by atoms with Crippen LogP contribution in [0.3, 0.4) is 0 Å². The van der Waals surface area contributed by atoms with Crippen molar-refractivity contribution in [2.45, 2.75) is 37.8 Å². The predicted octanol–water partition coefficient (Wildman–Crippen LogP) is 2.35. The summed E-state index contributed by atoms with van der Waals surface area (Å²) in [4.78, 5) is 14.8. The third kappa shape index (κ3) is 2.79. The number of amides is 1. The van der Waals surface area contributed by atoms with Gasteiger partial charge in [0.05, 0.1) is 5.56 Å². The summed E-state index contributed by atoms with van der Waals surface area (Å²) in [6, 6.07) is 5.82. The molecule has 1 aromatic carbocycles. The Kier molecular flexibility index (Phi) is 4.16. The second-order valence-electron chi connectivity index (χ2n) is 5.63. The van der Waals surface area contributed by atoms with E-state index >= 15 is 0 Å². The van der Waals surface area contributed by atoms with Gasteiger partial charge in [0.2, 0.25) is 0 Å². The van der Waals surface area contributed by atoms with Gasteiger partial charge in [-0.05, 0) is 66.6 Å². The van der Waals surface area contributed by atoms with E-state index < -0.39 is 0 Å². The number of phenolic OH excluding ortho intramolecular Hbond substituents is 1. The van der Waals surface area contributed by atoms with Gasteiger partial charge in [0.25, 0.3) is 5.91 Å². The molecule has 3 rings (SSSR count). The first kappa shape index (κ1) is 14.1. The summed E-state index contributed by atoms with van der Waals surface area (Å²) in [6.45, 7) is 2.24. The minimum atomic E-state index is -0.154. The van der Waals surface area contributed by atoms with Crippen molar-refractivity contribution in [3.8, 4) is 5.75 Å². The van der Waals surface area contributed by atoms with Crippen LogP contribution in [0.2, 0.25) is 0 Å². The smallest absolute Gasteiger partial charge is 0.255 e. The van der Waals surface area contributed by atoms with Crippen LogP contribution in [0.15, 0.2) is 18.2 Å². The van der Waals surface area contributed by atoms with Gasteiger partial charge in [0.1, 0.15) is 5.75 Å². The topological polar surface area (TPSA) is 52.6 Å². The van der Waals surface area contributed by atoms with Crippen LogP contribution in [0.4, 0.5) is 0 Å². The van der Waals surface area contributed by atoms with Crippen LogP contribution >= 0.6 is 22.6 Å². The van der Waals surface area contributed by atoms with E-state index in [4.69, 9.17) is 0 Å². The van der Waals surface area contributed by atoms with Crippen LogP contribution in [-0.2, 0) is 0 Å². The van der Waals surface area contributed by atoms with Crippen molar-refractivity contribution in [3.05, 3.63) is 27.3 Å². The van der Waals surface area contributed by atoms with E-state index in [9.17, 15) is 9.90 Å². The van der Waals surface area contributed by atoms with Crippen LogP contribution < -0.4 is 5.32 Å². The van der Waals surface area contributed by atoms with E-state index in [1.165, 1.54) is 19.3 Å². The summed E-state index contributed by atoms with van der Waals surface area (Å²) in [7, 11) is 0. The molecule has 0 bridgehead atoms. The fourth-order valence-corrected chi connectivity index (χ4v) is 3.84. The monoisotopic (exact) mass is 386 g/mol. The molecular formula is C15H19IN2O2. The summed E-state index contributed by atoms with van der Waals surface area (Å²) in [5.74, 6) is -0.0974. The predicted molar refractivity (Wildman–Crippen MR) is 85.9 cm³/mol. The van der Waals surface area contributed by atoms with Crippen LogP contribution in [0.25, 0.3) is 0 Å². The van der Waals surface area contributed by atoms with Crippen LogP contribution in [-0.4, -0.2) is 41.1 Å². The number of piperidine rings is 1. The molecule has 0 radical (unpaired) electrons. The minimum absolute atomic E-state index is 0.0569. The van der Waals surface area contributed by atoms with Gasteiger partial charge in [0, 0.05) is 22.2 Å². The van der Waals surface area contributed by atoms with E-state index in [0.29, 0.717) is 11.6 Å². The van der Waals surface area contributed by atoms with E-state index in [1.54, 1.807) is 18.2 Å². The molecular weight excluding hydrogens is 367 g/mol. The van der Waals surface area contributed by atoms with Crippen molar-refractivity contribution in [2.75, 3.05) is 13.1 Å². The Morgan fingerprint density at radius 2 is 2.15 bits per heavy atom. The standard InChI is InChI=1S/C15H19IN2O2/c16-10-4-5-14(19)11(9-10)15(20)17-12-6-8-18-7-2-1-3-13(12)18/h4-5,9,12-13,19H,1-3,6-8H2,(H,17,20). The SMILES string of the molecule is O=C(NC1CCN2CCCCC12)c1cc(I)ccc1O. The van der Waals surface area contributed by atoms with Gasteiger partial charge in [-0.15, -0.1) is 0 Å². The number of halogens is 1. The fraction of sp³-hybridized carbons (Fsp3) is 0.533. The number of aromatic hydroxyl groups is 1. The van der Waals surface area contributed by atoms with Gasteiger partial charge in [-0.3, -0.25) is 9.69 Å². The van der Waals surface area contributed by atoms with E-state index in [-0.39, 0.29) is 17.7 Å². The maximum Gasteiger partial charge on any atom is 0.255 e. The quantitative estimate of drug-likeness (QED) is 0.768. The number of nitrogens with one attached hydrogen (secondary N) is 1. The highest BCUT2D eigenvalue weighted by Gasteiger charge is 2.36. The molecule has 2 saturated heterocycles. The van der Waals surface area contributed by atoms with Crippen molar-refractivity contribution in [1.29, 1.82) is 0 Å². The average molecular weight is 386 g/mol. The molecule has 0 aliphatic carbocycles. The average Bonchev–Trinajstić information content (AvgIpc) is 2.85. The first-order valence-corrected chi connectivity index (χ1v) is 8.26. The lowest BCUT2D eigenvalue weighted by molar-refractivity contribution is 0.0912. The lowest BCUT2D eigenvalue weighted by Gasteiger charge is -2.32. The molecule has 1 amide bonds. The third-order valence-corrected chi connectivity index (χ3v) is 5.05. The number of nitrogens with zero attached hydrogens (tertiary/aromatic N) is 1. The Labute approximate surface area is 132 Å². The number of carbonyl (C=O) groups is 1. The van der Waals surface area contributed by atoms with Crippen molar-refractivity contribution in [2.24, 2.45) is 0 Å². The zero-order chi connectivity index (χ0) is 14.1. The highest BCUT2D eigenvalue weighted by atomic mass is 127. The highest BCUT2D eigenvalue weighted by Crippen LogP contribution is 2.28. The second-order valence-corrected chi connectivity index (χ2v) is 6.87. The Bertz CT molecular complexity index is 521. The molecule has 4 nitrogen and oxygen atoms in total. The van der Waals surface area contributed by atoms with Gasteiger partial charge in [-0.25, -0.2) is 0 Å². The molecule has 5 heteroatoms. The molecule has 108 valence electrons. The number of fused-ring (bicyclic) bond motifs is 1. The molecule has 2 atom stereocenters. The Balaban J connectivity index is 1.71. The molecule has 2 aliphatic heterocycles. The Morgan fingerprint density at radius 3 is 3.00 bits per heavy atom. The lowest BCUT2D eigenvalue weighted by Crippen LogP contribution is -2.46. The summed E-state index contributed by atoms with van der Waals surface area (Å²) >= 11 is 2.15. The minimum Gasteiger partial charge on any atom is -0.507 e.